The van der Waals surface area contributed by atoms with Crippen LogP contribution in [0.5, 0.6) is 0 Å². The summed E-state index contributed by atoms with van der Waals surface area (Å²) in [5, 5.41) is 1.90. The molecule has 2 aromatic carbocycles. The molecule has 3 aromatic rings. The van der Waals surface area contributed by atoms with Crippen LogP contribution in [0.3, 0.4) is 0 Å². The van der Waals surface area contributed by atoms with Crippen molar-refractivity contribution in [1.29, 1.82) is 0 Å². The number of para-hydroxylation sites is 1. The maximum atomic E-state index is 13.0. The predicted octanol–water partition coefficient (Wildman–Crippen LogP) is 4.51. The fourth-order valence-corrected chi connectivity index (χ4v) is 4.37. The molecule has 0 saturated heterocycles. The van der Waals surface area contributed by atoms with Crippen LogP contribution in [0.25, 0.3) is 10.9 Å². The Morgan fingerprint density at radius 1 is 1.04 bits per heavy atom. The molecule has 0 amide bonds. The Kier molecular flexibility index (Phi) is 4.60. The highest BCUT2D eigenvalue weighted by Crippen LogP contribution is 2.27. The van der Waals surface area contributed by atoms with Gasteiger partial charge in [0.25, 0.3) is 10.0 Å². The number of fused-ring (bicyclic) bond motifs is 1. The standard InChI is InChI=1S/C18H18BrNO2S/c1-14-8-10-16(11-9-14)23(21,22)20-13-15(5-4-12-19)17-6-2-3-7-18(17)20/h2-3,6-11,13H,4-5,12H2,1H3. The first-order chi connectivity index (χ1) is 11.0. The number of aryl methyl sites for hydroxylation is 2. The summed E-state index contributed by atoms with van der Waals surface area (Å²) >= 11 is 3.44. The summed E-state index contributed by atoms with van der Waals surface area (Å²) in [6.07, 6.45) is 3.59. The minimum atomic E-state index is -3.58. The zero-order chi connectivity index (χ0) is 16.4. The second kappa shape index (κ2) is 6.49. The van der Waals surface area contributed by atoms with Gasteiger partial charge in [0.05, 0.1) is 10.4 Å². The van der Waals surface area contributed by atoms with Gasteiger partial charge in [0, 0.05) is 16.9 Å². The zero-order valence-corrected chi connectivity index (χ0v) is 15.3. The fraction of sp³-hybridized carbons (Fsp3) is 0.222. The van der Waals surface area contributed by atoms with Crippen LogP contribution < -0.4 is 0 Å². The molecule has 0 atom stereocenters. The first-order valence-electron chi connectivity index (χ1n) is 7.51. The Balaban J connectivity index is 2.17. The van der Waals surface area contributed by atoms with E-state index < -0.39 is 10.0 Å². The van der Waals surface area contributed by atoms with E-state index in [4.69, 9.17) is 0 Å². The minimum absolute atomic E-state index is 0.316. The molecule has 5 heteroatoms. The second-order valence-corrected chi connectivity index (χ2v) is 8.19. The average Bonchev–Trinajstić information content (AvgIpc) is 2.93. The van der Waals surface area contributed by atoms with Crippen molar-refractivity contribution in [2.24, 2.45) is 0 Å². The van der Waals surface area contributed by atoms with Gasteiger partial charge >= 0.3 is 0 Å². The molecule has 3 rings (SSSR count). The largest absolute Gasteiger partial charge is 0.268 e. The number of benzene rings is 2. The highest BCUT2D eigenvalue weighted by molar-refractivity contribution is 9.09. The van der Waals surface area contributed by atoms with E-state index in [0.29, 0.717) is 4.90 Å². The first-order valence-corrected chi connectivity index (χ1v) is 10.1. The number of halogens is 1. The second-order valence-electron chi connectivity index (χ2n) is 5.58. The van der Waals surface area contributed by atoms with E-state index >= 15 is 0 Å². The van der Waals surface area contributed by atoms with Crippen LogP contribution in [-0.2, 0) is 16.4 Å². The highest BCUT2D eigenvalue weighted by atomic mass is 79.9. The topological polar surface area (TPSA) is 39.1 Å². The van der Waals surface area contributed by atoms with Gasteiger partial charge in [-0.15, -0.1) is 0 Å². The van der Waals surface area contributed by atoms with Crippen molar-refractivity contribution in [3.05, 3.63) is 65.9 Å². The number of hydrogen-bond donors (Lipinski definition) is 0. The molecular weight excluding hydrogens is 374 g/mol. The Hall–Kier alpha value is -1.59. The van der Waals surface area contributed by atoms with E-state index in [1.165, 1.54) is 3.97 Å². The molecule has 120 valence electrons. The van der Waals surface area contributed by atoms with Gasteiger partial charge in [-0.3, -0.25) is 0 Å². The van der Waals surface area contributed by atoms with Crippen LogP contribution in [-0.4, -0.2) is 17.7 Å². The summed E-state index contributed by atoms with van der Waals surface area (Å²) < 4.78 is 27.4. The minimum Gasteiger partial charge on any atom is -0.241 e. The van der Waals surface area contributed by atoms with Crippen LogP contribution in [0.4, 0.5) is 0 Å². The van der Waals surface area contributed by atoms with Crippen molar-refractivity contribution < 1.29 is 8.42 Å². The van der Waals surface area contributed by atoms with Gasteiger partial charge < -0.3 is 0 Å². The van der Waals surface area contributed by atoms with E-state index in [-0.39, 0.29) is 0 Å². The van der Waals surface area contributed by atoms with Crippen molar-refractivity contribution in [2.75, 3.05) is 5.33 Å². The summed E-state index contributed by atoms with van der Waals surface area (Å²) in [5.41, 5.74) is 2.84. The molecule has 1 aromatic heterocycles. The van der Waals surface area contributed by atoms with Gasteiger partial charge in [0.1, 0.15) is 0 Å². The molecule has 0 spiro atoms. The highest BCUT2D eigenvalue weighted by Gasteiger charge is 2.20. The van der Waals surface area contributed by atoms with Gasteiger partial charge in [-0.05, 0) is 43.5 Å². The molecule has 0 aliphatic heterocycles. The lowest BCUT2D eigenvalue weighted by molar-refractivity contribution is 0.589. The first kappa shape index (κ1) is 16.3. The van der Waals surface area contributed by atoms with E-state index in [1.807, 2.05) is 43.3 Å². The third kappa shape index (κ3) is 3.08. The molecule has 0 radical (unpaired) electrons. The number of alkyl halides is 1. The molecule has 0 aliphatic carbocycles. The molecule has 0 fully saturated rings. The Bertz CT molecular complexity index is 927. The monoisotopic (exact) mass is 391 g/mol. The Labute approximate surface area is 145 Å². The summed E-state index contributed by atoms with van der Waals surface area (Å²) in [6, 6.07) is 14.6. The summed E-state index contributed by atoms with van der Waals surface area (Å²) in [5.74, 6) is 0. The fourth-order valence-electron chi connectivity index (χ4n) is 2.70. The zero-order valence-electron chi connectivity index (χ0n) is 12.9. The van der Waals surface area contributed by atoms with Gasteiger partial charge in [0.15, 0.2) is 0 Å². The Morgan fingerprint density at radius 2 is 1.74 bits per heavy atom. The van der Waals surface area contributed by atoms with Crippen molar-refractivity contribution >= 4 is 36.9 Å². The van der Waals surface area contributed by atoms with E-state index in [0.717, 1.165) is 40.2 Å². The molecule has 0 N–H and O–H groups in total. The summed E-state index contributed by atoms with van der Waals surface area (Å²) in [7, 11) is -3.58. The predicted molar refractivity (Wildman–Crippen MR) is 97.8 cm³/mol. The summed E-state index contributed by atoms with van der Waals surface area (Å²) in [4.78, 5) is 0.316. The lowest BCUT2D eigenvalue weighted by atomic mass is 10.1. The third-order valence-electron chi connectivity index (χ3n) is 3.92. The van der Waals surface area contributed by atoms with Crippen LogP contribution in [0, 0.1) is 6.92 Å². The van der Waals surface area contributed by atoms with Gasteiger partial charge in [-0.1, -0.05) is 51.8 Å². The molecule has 23 heavy (non-hydrogen) atoms. The van der Waals surface area contributed by atoms with Crippen molar-refractivity contribution in [1.82, 2.24) is 3.97 Å². The normalized spacial score (nSPS) is 11.9. The lowest BCUT2D eigenvalue weighted by Crippen LogP contribution is -2.11. The number of aromatic nitrogens is 1. The van der Waals surface area contributed by atoms with Crippen molar-refractivity contribution in [3.63, 3.8) is 0 Å². The SMILES string of the molecule is Cc1ccc(S(=O)(=O)n2cc(CCCBr)c3ccccc32)cc1. The van der Waals surface area contributed by atoms with E-state index in [1.54, 1.807) is 18.3 Å². The maximum absolute atomic E-state index is 13.0. The van der Waals surface area contributed by atoms with Gasteiger partial charge in [0.2, 0.25) is 0 Å². The van der Waals surface area contributed by atoms with Crippen LogP contribution >= 0.6 is 15.9 Å². The molecule has 0 aliphatic rings. The molecule has 0 saturated carbocycles. The van der Waals surface area contributed by atoms with Crippen LogP contribution in [0.1, 0.15) is 17.5 Å². The third-order valence-corrected chi connectivity index (χ3v) is 6.17. The van der Waals surface area contributed by atoms with E-state index in [9.17, 15) is 8.42 Å². The van der Waals surface area contributed by atoms with Crippen LogP contribution in [0.15, 0.2) is 59.6 Å². The average molecular weight is 392 g/mol. The number of nitrogens with zero attached hydrogens (tertiary/aromatic N) is 1. The number of rotatable bonds is 5. The molecular formula is C18H18BrNO2S. The van der Waals surface area contributed by atoms with E-state index in [2.05, 4.69) is 15.9 Å². The summed E-state index contributed by atoms with van der Waals surface area (Å²) in [6.45, 7) is 1.94. The molecule has 0 bridgehead atoms. The van der Waals surface area contributed by atoms with Crippen LogP contribution in [0.2, 0.25) is 0 Å². The number of hydrogen-bond acceptors (Lipinski definition) is 2. The lowest BCUT2D eigenvalue weighted by Gasteiger charge is -2.07. The van der Waals surface area contributed by atoms with Crippen molar-refractivity contribution in [2.45, 2.75) is 24.7 Å². The smallest absolute Gasteiger partial charge is 0.241 e. The molecule has 1 heterocycles. The molecule has 3 nitrogen and oxygen atoms in total. The Morgan fingerprint density at radius 3 is 2.43 bits per heavy atom. The maximum Gasteiger partial charge on any atom is 0.268 e. The van der Waals surface area contributed by atoms with Gasteiger partial charge in [-0.2, -0.15) is 0 Å². The van der Waals surface area contributed by atoms with Gasteiger partial charge in [-0.25, -0.2) is 12.4 Å². The van der Waals surface area contributed by atoms with Crippen molar-refractivity contribution in [3.8, 4) is 0 Å². The molecule has 0 unspecified atom stereocenters. The quantitative estimate of drug-likeness (QED) is 0.599.